The van der Waals surface area contributed by atoms with Crippen LogP contribution >= 0.6 is 0 Å². The lowest BCUT2D eigenvalue weighted by Gasteiger charge is -1.76. The summed E-state index contributed by atoms with van der Waals surface area (Å²) < 4.78 is 4.97. The lowest BCUT2D eigenvalue weighted by Crippen LogP contribution is -1.53. The molecule has 0 saturated heterocycles. The Morgan fingerprint density at radius 3 is 2.43 bits per heavy atom. The minimum Gasteiger partial charge on any atom is -0.466 e. The molecule has 0 aromatic carbocycles. The van der Waals surface area contributed by atoms with Crippen LogP contribution in [0.5, 0.6) is 0 Å². The first-order valence-corrected chi connectivity index (χ1v) is 2.17. The van der Waals surface area contributed by atoms with Crippen LogP contribution in [0, 0.1) is 13.8 Å². The van der Waals surface area contributed by atoms with E-state index >= 15 is 0 Å². The monoisotopic (exact) mass is 95.0 g/mol. The van der Waals surface area contributed by atoms with Gasteiger partial charge in [-0.25, -0.2) is 0 Å². The highest BCUT2D eigenvalue weighted by Gasteiger charge is 1.85. The molecule has 0 aliphatic rings. The molecule has 0 atom stereocenters. The molecule has 1 aromatic heterocycles. The number of hydrogen-bond acceptors (Lipinski definition) is 1. The Bertz CT molecular complexity index is 136. The SMILES string of the molecule is [CH2]c1ccc(C)o1. The van der Waals surface area contributed by atoms with E-state index in [2.05, 4.69) is 6.92 Å². The fourth-order valence-corrected chi connectivity index (χ4v) is 0.485. The summed E-state index contributed by atoms with van der Waals surface area (Å²) in [6.45, 7) is 5.47. The van der Waals surface area contributed by atoms with Crippen molar-refractivity contribution in [3.05, 3.63) is 30.6 Å². The van der Waals surface area contributed by atoms with E-state index in [-0.39, 0.29) is 0 Å². The fraction of sp³-hybridized carbons (Fsp3) is 0.167. The van der Waals surface area contributed by atoms with Gasteiger partial charge < -0.3 is 4.42 Å². The molecule has 37 valence electrons. The van der Waals surface area contributed by atoms with Gasteiger partial charge in [-0.2, -0.15) is 0 Å². The molecule has 0 N–H and O–H groups in total. The molecule has 1 aromatic rings. The van der Waals surface area contributed by atoms with Crippen LogP contribution < -0.4 is 0 Å². The van der Waals surface area contributed by atoms with Gasteiger partial charge in [0.25, 0.3) is 0 Å². The Morgan fingerprint density at radius 1 is 1.57 bits per heavy atom. The Morgan fingerprint density at radius 2 is 2.29 bits per heavy atom. The van der Waals surface area contributed by atoms with E-state index in [0.717, 1.165) is 11.5 Å². The van der Waals surface area contributed by atoms with Gasteiger partial charge in [0.2, 0.25) is 0 Å². The van der Waals surface area contributed by atoms with Gasteiger partial charge >= 0.3 is 0 Å². The normalized spacial score (nSPS) is 9.43. The van der Waals surface area contributed by atoms with Gasteiger partial charge in [-0.05, 0) is 19.1 Å². The maximum atomic E-state index is 4.97. The van der Waals surface area contributed by atoms with Crippen molar-refractivity contribution in [1.29, 1.82) is 0 Å². The van der Waals surface area contributed by atoms with Gasteiger partial charge in [0.05, 0.1) is 0 Å². The van der Waals surface area contributed by atoms with Gasteiger partial charge in [-0.1, -0.05) is 0 Å². The van der Waals surface area contributed by atoms with Crippen molar-refractivity contribution in [2.75, 3.05) is 0 Å². The number of furan rings is 1. The third-order valence-corrected chi connectivity index (χ3v) is 0.796. The van der Waals surface area contributed by atoms with E-state index < -0.39 is 0 Å². The number of hydrogen-bond donors (Lipinski definition) is 0. The van der Waals surface area contributed by atoms with Crippen LogP contribution in [-0.2, 0) is 0 Å². The van der Waals surface area contributed by atoms with Crippen LogP contribution in [0.3, 0.4) is 0 Å². The number of aryl methyl sites for hydroxylation is 1. The van der Waals surface area contributed by atoms with E-state index in [1.54, 1.807) is 0 Å². The predicted molar refractivity (Wildman–Crippen MR) is 27.9 cm³/mol. The van der Waals surface area contributed by atoms with Crippen molar-refractivity contribution >= 4 is 0 Å². The molecule has 1 nitrogen and oxygen atoms in total. The van der Waals surface area contributed by atoms with Crippen molar-refractivity contribution in [3.8, 4) is 0 Å². The summed E-state index contributed by atoms with van der Waals surface area (Å²) in [4.78, 5) is 0. The summed E-state index contributed by atoms with van der Waals surface area (Å²) in [6, 6.07) is 3.73. The zero-order chi connectivity index (χ0) is 5.28. The molecule has 1 heterocycles. The largest absolute Gasteiger partial charge is 0.466 e. The van der Waals surface area contributed by atoms with Crippen LogP contribution in [0.4, 0.5) is 0 Å². The molecule has 7 heavy (non-hydrogen) atoms. The van der Waals surface area contributed by atoms with Crippen LogP contribution in [0.15, 0.2) is 16.5 Å². The third-order valence-electron chi connectivity index (χ3n) is 0.796. The van der Waals surface area contributed by atoms with Crippen LogP contribution in [0.2, 0.25) is 0 Å². The van der Waals surface area contributed by atoms with Crippen molar-refractivity contribution in [3.63, 3.8) is 0 Å². The van der Waals surface area contributed by atoms with Crippen LogP contribution in [0.25, 0.3) is 0 Å². The zero-order valence-electron chi connectivity index (χ0n) is 4.27. The zero-order valence-corrected chi connectivity index (χ0v) is 4.27. The van der Waals surface area contributed by atoms with Crippen molar-refractivity contribution in [2.45, 2.75) is 6.92 Å². The molecule has 0 amide bonds. The average Bonchev–Trinajstić information content (AvgIpc) is 1.87. The summed E-state index contributed by atoms with van der Waals surface area (Å²) in [5.41, 5.74) is 0. The second-order valence-electron chi connectivity index (χ2n) is 1.51. The summed E-state index contributed by atoms with van der Waals surface area (Å²) in [6.07, 6.45) is 0. The summed E-state index contributed by atoms with van der Waals surface area (Å²) in [5, 5.41) is 0. The van der Waals surface area contributed by atoms with E-state index in [1.165, 1.54) is 0 Å². The highest BCUT2D eigenvalue weighted by atomic mass is 16.3. The number of rotatable bonds is 0. The van der Waals surface area contributed by atoms with Gasteiger partial charge in [0, 0.05) is 6.92 Å². The molecule has 1 heteroatoms. The lowest BCUT2D eigenvalue weighted by molar-refractivity contribution is 0.517. The molecular formula is C6H7O. The quantitative estimate of drug-likeness (QED) is 0.478. The van der Waals surface area contributed by atoms with Crippen molar-refractivity contribution in [1.82, 2.24) is 0 Å². The van der Waals surface area contributed by atoms with Gasteiger partial charge in [-0.15, -0.1) is 0 Å². The highest BCUT2D eigenvalue weighted by molar-refractivity contribution is 5.07. The maximum absolute atomic E-state index is 4.97. The second-order valence-corrected chi connectivity index (χ2v) is 1.51. The van der Waals surface area contributed by atoms with Crippen molar-refractivity contribution < 1.29 is 4.42 Å². The lowest BCUT2D eigenvalue weighted by atomic mass is 10.5. The summed E-state index contributed by atoms with van der Waals surface area (Å²) >= 11 is 0. The predicted octanol–water partition coefficient (Wildman–Crippen LogP) is 1.77. The van der Waals surface area contributed by atoms with E-state index in [1.807, 2.05) is 19.1 Å². The Kier molecular flexibility index (Phi) is 0.895. The maximum Gasteiger partial charge on any atom is 0.104 e. The fourth-order valence-electron chi connectivity index (χ4n) is 0.485. The molecular weight excluding hydrogens is 88.1 g/mol. The van der Waals surface area contributed by atoms with Crippen molar-refractivity contribution in [2.24, 2.45) is 0 Å². The topological polar surface area (TPSA) is 13.1 Å². The van der Waals surface area contributed by atoms with Crippen LogP contribution in [0.1, 0.15) is 11.5 Å². The summed E-state index contributed by atoms with van der Waals surface area (Å²) in [7, 11) is 0. The third kappa shape index (κ3) is 0.829. The van der Waals surface area contributed by atoms with E-state index in [9.17, 15) is 0 Å². The van der Waals surface area contributed by atoms with E-state index in [4.69, 9.17) is 4.42 Å². The first-order valence-electron chi connectivity index (χ1n) is 2.17. The highest BCUT2D eigenvalue weighted by Crippen LogP contribution is 2.02. The molecule has 0 bridgehead atoms. The van der Waals surface area contributed by atoms with Gasteiger partial charge in [0.15, 0.2) is 0 Å². The first kappa shape index (κ1) is 4.44. The molecule has 0 fully saturated rings. The van der Waals surface area contributed by atoms with Crippen LogP contribution in [-0.4, -0.2) is 0 Å². The Balaban J connectivity index is 3.04. The molecule has 0 aliphatic carbocycles. The standard InChI is InChI=1S/C6H7O/c1-5-3-4-6(2)7-5/h3-4H,1H2,2H3. The average molecular weight is 95.1 g/mol. The smallest absolute Gasteiger partial charge is 0.104 e. The molecule has 0 unspecified atom stereocenters. The Labute approximate surface area is 43.0 Å². The minimum absolute atomic E-state index is 0.734. The summed E-state index contributed by atoms with van der Waals surface area (Å²) in [5.74, 6) is 1.66. The molecule has 0 saturated carbocycles. The van der Waals surface area contributed by atoms with Gasteiger partial charge in [0.1, 0.15) is 11.5 Å². The molecule has 0 aliphatic heterocycles. The van der Waals surface area contributed by atoms with Gasteiger partial charge in [-0.3, -0.25) is 0 Å². The molecule has 1 radical (unpaired) electrons. The first-order chi connectivity index (χ1) is 3.29. The molecule has 1 rings (SSSR count). The second kappa shape index (κ2) is 1.41. The van der Waals surface area contributed by atoms with E-state index in [0.29, 0.717) is 0 Å². The Hall–Kier alpha value is -0.720. The molecule has 0 spiro atoms. The minimum atomic E-state index is 0.734.